The van der Waals surface area contributed by atoms with Crippen LogP contribution in [0.5, 0.6) is 0 Å². The van der Waals surface area contributed by atoms with E-state index in [1.54, 1.807) is 6.33 Å². The molecule has 27 heavy (non-hydrogen) atoms. The number of sulfonamides is 1. The molecule has 2 aliphatic rings. The monoisotopic (exact) mass is 392 g/mol. The fourth-order valence-electron chi connectivity index (χ4n) is 3.84. The number of carbonyl (C=O) groups is 1. The van der Waals surface area contributed by atoms with Crippen LogP contribution in [0.4, 0.5) is 5.82 Å². The van der Waals surface area contributed by atoms with Crippen molar-refractivity contribution in [2.75, 3.05) is 36.8 Å². The van der Waals surface area contributed by atoms with Gasteiger partial charge in [0.1, 0.15) is 17.8 Å². The maximum absolute atomic E-state index is 12.6. The Morgan fingerprint density at radius 1 is 1.26 bits per heavy atom. The van der Waals surface area contributed by atoms with Crippen molar-refractivity contribution in [2.24, 2.45) is 10.6 Å². The minimum Gasteiger partial charge on any atom is -0.354 e. The van der Waals surface area contributed by atoms with E-state index in [0.717, 1.165) is 42.8 Å². The fourth-order valence-corrected chi connectivity index (χ4v) is 4.39. The van der Waals surface area contributed by atoms with Gasteiger partial charge in [-0.1, -0.05) is 0 Å². The van der Waals surface area contributed by atoms with Gasteiger partial charge < -0.3 is 14.8 Å². The van der Waals surface area contributed by atoms with Gasteiger partial charge >= 0.3 is 0 Å². The molecule has 0 radical (unpaired) electrons. The number of nitrogens with zero attached hydrogens (tertiary/aromatic N) is 4. The molecule has 3 heterocycles. The zero-order valence-electron chi connectivity index (χ0n) is 15.1. The summed E-state index contributed by atoms with van der Waals surface area (Å²) in [7, 11) is -3.52. The zero-order valence-corrected chi connectivity index (χ0v) is 15.9. The number of primary sulfonamides is 1. The van der Waals surface area contributed by atoms with Gasteiger partial charge in [0, 0.05) is 44.2 Å². The lowest BCUT2D eigenvalue weighted by atomic mass is 10.1. The number of nitrogens with two attached hydrogens (primary N) is 1. The van der Waals surface area contributed by atoms with Gasteiger partial charge in [-0.2, -0.15) is 0 Å². The molecule has 1 saturated carbocycles. The highest BCUT2D eigenvalue weighted by Gasteiger charge is 2.47. The molecule has 0 atom stereocenters. The van der Waals surface area contributed by atoms with Gasteiger partial charge in [-0.25, -0.2) is 23.5 Å². The molecule has 9 nitrogen and oxygen atoms in total. The van der Waals surface area contributed by atoms with Crippen LogP contribution in [0.25, 0.3) is 11.0 Å². The highest BCUT2D eigenvalue weighted by molar-refractivity contribution is 7.89. The first kappa shape index (κ1) is 18.2. The number of anilines is 1. The molecule has 2 fully saturated rings. The topological polar surface area (TPSA) is 125 Å². The number of nitrogens with one attached hydrogen (secondary N) is 1. The number of fused-ring (bicyclic) bond motifs is 1. The summed E-state index contributed by atoms with van der Waals surface area (Å²) in [5, 5.41) is 6.01. The summed E-state index contributed by atoms with van der Waals surface area (Å²) in [5.74, 6) is 0.744. The average molecular weight is 392 g/mol. The Bertz CT molecular complexity index is 952. The summed E-state index contributed by atoms with van der Waals surface area (Å²) in [5.41, 5.74) is 0.921. The number of H-pyrrole nitrogens is 1. The van der Waals surface area contributed by atoms with Crippen LogP contribution in [0.1, 0.15) is 25.7 Å². The lowest BCUT2D eigenvalue weighted by Gasteiger charge is -2.25. The number of carbonyl (C=O) groups excluding carboxylic acids is 1. The molecule has 0 unspecified atom stereocenters. The standard InChI is InChI=1S/C17H24N6O3S/c18-27(25,26)9-1-2-14(24)22-7-8-23(11-17(10-22)4-5-17)16-13-3-6-19-15(13)20-12-21-16/h3,6,12H,1-2,4-5,7-11H2,(H2,18,25,26)(H,19,20,21). The van der Waals surface area contributed by atoms with Crippen LogP contribution in [0.3, 0.4) is 0 Å². The molecule has 4 rings (SSSR count). The molecule has 1 aliphatic carbocycles. The van der Waals surface area contributed by atoms with E-state index in [9.17, 15) is 13.2 Å². The smallest absolute Gasteiger partial charge is 0.222 e. The molecule has 0 aromatic carbocycles. The minimum atomic E-state index is -3.52. The second-order valence-electron chi connectivity index (χ2n) is 7.64. The van der Waals surface area contributed by atoms with E-state index in [2.05, 4.69) is 19.9 Å². The second-order valence-corrected chi connectivity index (χ2v) is 9.38. The number of hydrogen-bond acceptors (Lipinski definition) is 6. The highest BCUT2D eigenvalue weighted by atomic mass is 32.2. The van der Waals surface area contributed by atoms with Gasteiger partial charge in [0.05, 0.1) is 11.1 Å². The molecule has 3 N–H and O–H groups in total. The maximum atomic E-state index is 12.6. The predicted molar refractivity (Wildman–Crippen MR) is 102 cm³/mol. The van der Waals surface area contributed by atoms with Gasteiger partial charge in [0.15, 0.2) is 0 Å². The zero-order chi connectivity index (χ0) is 19.1. The molecular formula is C17H24N6O3S. The number of hydrogen-bond donors (Lipinski definition) is 2. The van der Waals surface area contributed by atoms with E-state index in [1.165, 1.54) is 0 Å². The average Bonchev–Trinajstić information content (AvgIpc) is 3.25. The Morgan fingerprint density at radius 2 is 2.07 bits per heavy atom. The molecule has 146 valence electrons. The van der Waals surface area contributed by atoms with E-state index in [0.29, 0.717) is 13.1 Å². The van der Waals surface area contributed by atoms with Crippen LogP contribution in [-0.4, -0.2) is 66.1 Å². The summed E-state index contributed by atoms with van der Waals surface area (Å²) in [6.45, 7) is 2.89. The van der Waals surface area contributed by atoms with Crippen LogP contribution >= 0.6 is 0 Å². The van der Waals surface area contributed by atoms with Crippen molar-refractivity contribution in [3.05, 3.63) is 18.6 Å². The number of rotatable bonds is 5. The van der Waals surface area contributed by atoms with Crippen molar-refractivity contribution in [1.29, 1.82) is 0 Å². The van der Waals surface area contributed by atoms with Crippen molar-refractivity contribution in [3.63, 3.8) is 0 Å². The number of aromatic nitrogens is 3. The summed E-state index contributed by atoms with van der Waals surface area (Å²) in [6, 6.07) is 1.98. The Balaban J connectivity index is 1.47. The largest absolute Gasteiger partial charge is 0.354 e. The van der Waals surface area contributed by atoms with Gasteiger partial charge in [-0.3, -0.25) is 4.79 Å². The quantitative estimate of drug-likeness (QED) is 0.761. The van der Waals surface area contributed by atoms with Crippen LogP contribution < -0.4 is 10.0 Å². The van der Waals surface area contributed by atoms with Gasteiger partial charge in [-0.05, 0) is 25.3 Å². The third-order valence-electron chi connectivity index (χ3n) is 5.45. The maximum Gasteiger partial charge on any atom is 0.222 e. The first-order chi connectivity index (χ1) is 12.9. The van der Waals surface area contributed by atoms with E-state index >= 15 is 0 Å². The van der Waals surface area contributed by atoms with Crippen molar-refractivity contribution in [1.82, 2.24) is 19.9 Å². The summed E-state index contributed by atoms with van der Waals surface area (Å²) >= 11 is 0. The Labute approximate surface area is 158 Å². The summed E-state index contributed by atoms with van der Waals surface area (Å²) in [6.07, 6.45) is 6.07. The first-order valence-electron chi connectivity index (χ1n) is 9.17. The molecule has 1 saturated heterocycles. The molecule has 1 aliphatic heterocycles. The third kappa shape index (κ3) is 4.06. The van der Waals surface area contributed by atoms with Gasteiger partial charge in [0.2, 0.25) is 15.9 Å². The van der Waals surface area contributed by atoms with E-state index < -0.39 is 10.0 Å². The molecule has 1 spiro atoms. The van der Waals surface area contributed by atoms with Crippen LogP contribution in [0.2, 0.25) is 0 Å². The van der Waals surface area contributed by atoms with Crippen LogP contribution in [-0.2, 0) is 14.8 Å². The van der Waals surface area contributed by atoms with Crippen molar-refractivity contribution in [2.45, 2.75) is 25.7 Å². The van der Waals surface area contributed by atoms with E-state index in [1.807, 2.05) is 17.2 Å². The van der Waals surface area contributed by atoms with Crippen molar-refractivity contribution < 1.29 is 13.2 Å². The number of aromatic amines is 1. The molecule has 1 amide bonds. The lowest BCUT2D eigenvalue weighted by Crippen LogP contribution is -2.36. The van der Waals surface area contributed by atoms with Crippen LogP contribution in [0, 0.1) is 5.41 Å². The minimum absolute atomic E-state index is 0.00116. The Morgan fingerprint density at radius 3 is 2.81 bits per heavy atom. The molecule has 2 aromatic rings. The van der Waals surface area contributed by atoms with Crippen molar-refractivity contribution >= 4 is 32.8 Å². The third-order valence-corrected chi connectivity index (χ3v) is 6.31. The molecule has 10 heteroatoms. The highest BCUT2D eigenvalue weighted by Crippen LogP contribution is 2.48. The SMILES string of the molecule is NS(=O)(=O)CCCC(=O)N1CCN(c2ncnc3[nH]ccc23)CC2(CC2)C1. The summed E-state index contributed by atoms with van der Waals surface area (Å²) in [4.78, 5) is 28.6. The molecule has 0 bridgehead atoms. The van der Waals surface area contributed by atoms with Gasteiger partial charge in [-0.15, -0.1) is 0 Å². The first-order valence-corrected chi connectivity index (χ1v) is 10.9. The van der Waals surface area contributed by atoms with E-state index in [-0.39, 0.29) is 29.9 Å². The Hall–Kier alpha value is -2.20. The molecule has 2 aromatic heterocycles. The van der Waals surface area contributed by atoms with Crippen molar-refractivity contribution in [3.8, 4) is 0 Å². The fraction of sp³-hybridized carbons (Fsp3) is 0.588. The lowest BCUT2D eigenvalue weighted by molar-refractivity contribution is -0.131. The normalized spacial score (nSPS) is 19.4. The second kappa shape index (κ2) is 6.75. The molecular weight excluding hydrogens is 368 g/mol. The number of amides is 1. The van der Waals surface area contributed by atoms with Crippen LogP contribution in [0.15, 0.2) is 18.6 Å². The van der Waals surface area contributed by atoms with Gasteiger partial charge in [0.25, 0.3) is 0 Å². The van der Waals surface area contributed by atoms with E-state index in [4.69, 9.17) is 5.14 Å². The Kier molecular flexibility index (Phi) is 4.55. The summed E-state index contributed by atoms with van der Waals surface area (Å²) < 4.78 is 22.1. The predicted octanol–water partition coefficient (Wildman–Crippen LogP) is 0.455.